The molecule has 1 aliphatic rings. The molecule has 2 aromatic carbocycles. The van der Waals surface area contributed by atoms with Crippen LogP contribution in [0.2, 0.25) is 0 Å². The Hall–Kier alpha value is -1.35. The second-order valence-electron chi connectivity index (χ2n) is 4.87. The van der Waals surface area contributed by atoms with E-state index in [1.165, 1.54) is 18.2 Å². The Balaban J connectivity index is 0.00000192. The van der Waals surface area contributed by atoms with Crippen LogP contribution in [0, 0.1) is 0 Å². The molecule has 1 unspecified atom stereocenters. The molecule has 6 nitrogen and oxygen atoms in total. The van der Waals surface area contributed by atoms with Gasteiger partial charge in [-0.15, -0.1) is 0 Å². The number of fused-ring (bicyclic) bond motifs is 3. The van der Waals surface area contributed by atoms with Gasteiger partial charge in [-0.1, -0.05) is 36.4 Å². The van der Waals surface area contributed by atoms with Gasteiger partial charge >= 0.3 is 0 Å². The third-order valence-electron chi connectivity index (χ3n) is 3.52. The van der Waals surface area contributed by atoms with Crippen LogP contribution in [0.3, 0.4) is 0 Å². The Bertz CT molecular complexity index is 919. The number of Topliss-reactive ketones (excluding diaryl/α,β-unsaturated/α-hetero) is 1. The van der Waals surface area contributed by atoms with Gasteiger partial charge in [0.15, 0.2) is 5.78 Å². The number of hydrogen-bond acceptors (Lipinski definition) is 5. The minimum Gasteiger partial charge on any atom is -0.369 e. The predicted octanol–water partition coefficient (Wildman–Crippen LogP) is 0.906. The van der Waals surface area contributed by atoms with Crippen molar-refractivity contribution < 1.29 is 27.7 Å². The van der Waals surface area contributed by atoms with Gasteiger partial charge < -0.3 is 5.11 Å². The maximum atomic E-state index is 12.3. The van der Waals surface area contributed by atoms with E-state index in [4.69, 9.17) is 4.55 Å². The molecule has 0 saturated carbocycles. The Kier molecular flexibility index (Phi) is 4.91. The van der Waals surface area contributed by atoms with Crippen molar-refractivity contribution in [3.8, 4) is 11.1 Å². The van der Waals surface area contributed by atoms with E-state index in [0.717, 1.165) is 5.56 Å². The smallest absolute Gasteiger partial charge is 0.299 e. The summed E-state index contributed by atoms with van der Waals surface area (Å²) in [6.45, 7) is 0. The Labute approximate surface area is 154 Å². The molecule has 8 heteroatoms. The monoisotopic (exact) mass is 341 g/mol. The predicted molar refractivity (Wildman–Crippen MR) is 83.0 cm³/mol. The van der Waals surface area contributed by atoms with Gasteiger partial charge in [0.1, 0.15) is 0 Å². The number of hydrogen-bond donors (Lipinski definition) is 2. The van der Waals surface area contributed by atoms with E-state index in [-0.39, 0.29) is 46.5 Å². The van der Waals surface area contributed by atoms with E-state index in [2.05, 4.69) is 0 Å². The van der Waals surface area contributed by atoms with Gasteiger partial charge in [0.05, 0.1) is 0 Å². The Morgan fingerprint density at radius 3 is 2.13 bits per heavy atom. The molecule has 0 bridgehead atoms. The SMILES string of the molecule is O=C1c2ccccc2-c2ccc(C(=O)C(O)S(=O)(=O)O)cc21.[Na]. The van der Waals surface area contributed by atoms with Crippen LogP contribution in [0.1, 0.15) is 26.3 Å². The van der Waals surface area contributed by atoms with Crippen LogP contribution in [0.15, 0.2) is 42.5 Å². The van der Waals surface area contributed by atoms with Gasteiger partial charge in [-0.25, -0.2) is 0 Å². The summed E-state index contributed by atoms with van der Waals surface area (Å²) in [6.07, 6.45) is 0. The first-order valence-corrected chi connectivity index (χ1v) is 7.78. The zero-order chi connectivity index (χ0) is 16.1. The molecule has 0 saturated heterocycles. The topological polar surface area (TPSA) is 109 Å². The average Bonchev–Trinajstić information content (AvgIpc) is 2.78. The van der Waals surface area contributed by atoms with Crippen LogP contribution in [-0.4, -0.2) is 64.6 Å². The minimum absolute atomic E-state index is 0. The Morgan fingerprint density at radius 2 is 1.52 bits per heavy atom. The molecule has 3 rings (SSSR count). The van der Waals surface area contributed by atoms with Crippen molar-refractivity contribution in [3.05, 3.63) is 59.2 Å². The summed E-state index contributed by atoms with van der Waals surface area (Å²) in [6, 6.07) is 11.0. The van der Waals surface area contributed by atoms with Crippen molar-refractivity contribution in [1.82, 2.24) is 0 Å². The van der Waals surface area contributed by atoms with Gasteiger partial charge in [0, 0.05) is 46.2 Å². The molecular formula is C15H10NaO6S. The zero-order valence-electron chi connectivity index (χ0n) is 12.1. The summed E-state index contributed by atoms with van der Waals surface area (Å²) in [7, 11) is -4.91. The molecule has 1 radical (unpaired) electrons. The van der Waals surface area contributed by atoms with Gasteiger partial charge in [0.25, 0.3) is 10.1 Å². The fraction of sp³-hybridized carbons (Fsp3) is 0.0667. The maximum absolute atomic E-state index is 12.3. The second-order valence-corrected chi connectivity index (χ2v) is 6.34. The standard InChI is InChI=1S/C15H10O6S.Na/c16-13(15(18)22(19,20)21)8-5-6-10-9-3-1-2-4-11(9)14(17)12(10)7-8;/h1-7,15,18H,(H,19,20,21);. The molecule has 0 aromatic heterocycles. The van der Waals surface area contributed by atoms with Gasteiger partial charge in [-0.3, -0.25) is 14.1 Å². The fourth-order valence-electron chi connectivity index (χ4n) is 2.46. The molecule has 0 fully saturated rings. The van der Waals surface area contributed by atoms with E-state index in [1.54, 1.807) is 24.3 Å². The average molecular weight is 341 g/mol. The van der Waals surface area contributed by atoms with Gasteiger partial charge in [-0.05, 0) is 17.2 Å². The molecule has 0 aliphatic heterocycles. The van der Waals surface area contributed by atoms with Crippen LogP contribution in [0.5, 0.6) is 0 Å². The molecule has 1 aliphatic carbocycles. The quantitative estimate of drug-likeness (QED) is 0.416. The minimum atomic E-state index is -4.91. The van der Waals surface area contributed by atoms with Crippen LogP contribution in [-0.2, 0) is 10.1 Å². The number of aliphatic hydroxyl groups excluding tert-OH is 1. The van der Waals surface area contributed by atoms with Crippen LogP contribution in [0.25, 0.3) is 11.1 Å². The first-order chi connectivity index (χ1) is 10.3. The van der Waals surface area contributed by atoms with Crippen molar-refractivity contribution in [2.24, 2.45) is 0 Å². The maximum Gasteiger partial charge on any atom is 0.299 e. The van der Waals surface area contributed by atoms with Crippen molar-refractivity contribution >= 4 is 51.2 Å². The molecule has 0 spiro atoms. The molecule has 0 heterocycles. The van der Waals surface area contributed by atoms with Crippen molar-refractivity contribution in [3.63, 3.8) is 0 Å². The van der Waals surface area contributed by atoms with Crippen molar-refractivity contribution in [2.75, 3.05) is 0 Å². The summed E-state index contributed by atoms with van der Waals surface area (Å²) in [4.78, 5) is 24.2. The number of carbonyl (C=O) groups excluding carboxylic acids is 2. The van der Waals surface area contributed by atoms with Crippen LogP contribution in [0.4, 0.5) is 0 Å². The van der Waals surface area contributed by atoms with Crippen LogP contribution < -0.4 is 0 Å². The Morgan fingerprint density at radius 1 is 0.957 bits per heavy atom. The first-order valence-electron chi connectivity index (χ1n) is 6.27. The van der Waals surface area contributed by atoms with Crippen molar-refractivity contribution in [2.45, 2.75) is 5.44 Å². The summed E-state index contributed by atoms with van der Waals surface area (Å²) < 4.78 is 30.4. The number of benzene rings is 2. The van der Waals surface area contributed by atoms with E-state index < -0.39 is 21.3 Å². The number of aliphatic hydroxyl groups is 1. The molecule has 23 heavy (non-hydrogen) atoms. The van der Waals surface area contributed by atoms with Gasteiger partial charge in [0.2, 0.25) is 11.2 Å². The van der Waals surface area contributed by atoms with Gasteiger partial charge in [-0.2, -0.15) is 8.42 Å². The third kappa shape index (κ3) is 3.03. The largest absolute Gasteiger partial charge is 0.369 e. The molecular weight excluding hydrogens is 331 g/mol. The zero-order valence-corrected chi connectivity index (χ0v) is 14.9. The number of ketones is 2. The summed E-state index contributed by atoms with van der Waals surface area (Å²) in [5, 5.41) is 9.32. The van der Waals surface area contributed by atoms with E-state index in [1.807, 2.05) is 0 Å². The molecule has 2 aromatic rings. The van der Waals surface area contributed by atoms with E-state index in [0.29, 0.717) is 11.1 Å². The summed E-state index contributed by atoms with van der Waals surface area (Å²) in [5.41, 5.74) is -0.600. The first kappa shape index (κ1) is 18.0. The molecule has 1 atom stereocenters. The van der Waals surface area contributed by atoms with E-state index >= 15 is 0 Å². The van der Waals surface area contributed by atoms with Crippen molar-refractivity contribution in [1.29, 1.82) is 0 Å². The van der Waals surface area contributed by atoms with Crippen LogP contribution >= 0.6 is 0 Å². The third-order valence-corrected chi connectivity index (χ3v) is 4.30. The fourth-order valence-corrected chi connectivity index (χ4v) is 2.87. The number of carbonyl (C=O) groups is 2. The number of rotatable bonds is 3. The molecule has 0 amide bonds. The van der Waals surface area contributed by atoms with E-state index in [9.17, 15) is 23.1 Å². The molecule has 2 N–H and O–H groups in total. The summed E-state index contributed by atoms with van der Waals surface area (Å²) in [5.74, 6) is -1.46. The second kappa shape index (κ2) is 6.27. The molecule has 113 valence electrons. The normalized spacial score (nSPS) is 13.7. The summed E-state index contributed by atoms with van der Waals surface area (Å²) >= 11 is 0.